The number of methoxy groups -OCH3 is 1. The van der Waals surface area contributed by atoms with Gasteiger partial charge in [-0.1, -0.05) is 0 Å². The largest absolute Gasteiger partial charge is 0.490 e. The summed E-state index contributed by atoms with van der Waals surface area (Å²) in [7, 11) is 1.38. The molecule has 0 N–H and O–H groups in total. The first kappa shape index (κ1) is 9.38. The Hall–Kier alpha value is -2.18. The molecule has 2 aromatic heterocycles. The third-order valence-corrected chi connectivity index (χ3v) is 2.07. The Balaban J connectivity index is 2.77. The molecule has 0 fully saturated rings. The van der Waals surface area contributed by atoms with E-state index in [2.05, 4.69) is 10.2 Å². The van der Waals surface area contributed by atoms with Crippen molar-refractivity contribution in [1.82, 2.24) is 14.6 Å². The summed E-state index contributed by atoms with van der Waals surface area (Å²) in [6, 6.07) is 1.48. The summed E-state index contributed by atoms with van der Waals surface area (Å²) in [5.74, 6) is 0.774. The first-order chi connectivity index (χ1) is 7.13. The van der Waals surface area contributed by atoms with Crippen molar-refractivity contribution in [3.63, 3.8) is 0 Å². The molecule has 0 aliphatic carbocycles. The first-order valence-electron chi connectivity index (χ1n) is 4.17. The van der Waals surface area contributed by atoms with E-state index in [9.17, 15) is 10.1 Å². The molecule has 0 atom stereocenters. The Labute approximate surface area is 84.5 Å². The summed E-state index contributed by atoms with van der Waals surface area (Å²) in [5.41, 5.74) is 0.419. The fourth-order valence-corrected chi connectivity index (χ4v) is 1.32. The van der Waals surface area contributed by atoms with Crippen LogP contribution in [0, 0.1) is 17.0 Å². The zero-order valence-electron chi connectivity index (χ0n) is 8.17. The summed E-state index contributed by atoms with van der Waals surface area (Å²) in [6.07, 6.45) is 1.35. The summed E-state index contributed by atoms with van der Waals surface area (Å²) in [6.45, 7) is 1.72. The Morgan fingerprint density at radius 3 is 2.87 bits per heavy atom. The van der Waals surface area contributed by atoms with E-state index in [0.717, 1.165) is 0 Å². The molecule has 0 saturated carbocycles. The number of rotatable bonds is 2. The summed E-state index contributed by atoms with van der Waals surface area (Å²) < 4.78 is 6.44. The molecule has 0 amide bonds. The fraction of sp³-hybridized carbons (Fsp3) is 0.250. The molecule has 0 saturated heterocycles. The summed E-state index contributed by atoms with van der Waals surface area (Å²) in [4.78, 5) is 10.2. The summed E-state index contributed by atoms with van der Waals surface area (Å²) >= 11 is 0. The normalized spacial score (nSPS) is 10.5. The van der Waals surface area contributed by atoms with Gasteiger partial charge in [-0.3, -0.25) is 14.5 Å². The number of pyridine rings is 1. The van der Waals surface area contributed by atoms with Gasteiger partial charge in [-0.2, -0.15) is 0 Å². The van der Waals surface area contributed by atoms with Gasteiger partial charge in [0, 0.05) is 6.07 Å². The van der Waals surface area contributed by atoms with E-state index in [1.165, 1.54) is 19.4 Å². The van der Waals surface area contributed by atoms with Crippen molar-refractivity contribution >= 4 is 11.3 Å². The number of ether oxygens (including phenoxy) is 1. The van der Waals surface area contributed by atoms with Gasteiger partial charge in [-0.05, 0) is 6.92 Å². The molecule has 2 rings (SSSR count). The quantitative estimate of drug-likeness (QED) is 0.542. The maximum atomic E-state index is 10.7. The zero-order chi connectivity index (χ0) is 11.0. The van der Waals surface area contributed by atoms with Gasteiger partial charge in [0.25, 0.3) is 0 Å². The Morgan fingerprint density at radius 1 is 1.53 bits per heavy atom. The predicted molar refractivity (Wildman–Crippen MR) is 50.9 cm³/mol. The van der Waals surface area contributed by atoms with E-state index in [4.69, 9.17) is 4.74 Å². The van der Waals surface area contributed by atoms with Crippen LogP contribution < -0.4 is 4.74 Å². The molecular formula is C8H8N4O3. The Kier molecular flexibility index (Phi) is 2.00. The fourth-order valence-electron chi connectivity index (χ4n) is 1.32. The van der Waals surface area contributed by atoms with Crippen molar-refractivity contribution < 1.29 is 9.66 Å². The van der Waals surface area contributed by atoms with E-state index in [1.807, 2.05) is 0 Å². The molecule has 0 aliphatic rings. The van der Waals surface area contributed by atoms with Gasteiger partial charge in [0.05, 0.1) is 18.2 Å². The van der Waals surface area contributed by atoms with Crippen LogP contribution in [0.3, 0.4) is 0 Å². The molecule has 0 radical (unpaired) electrons. The van der Waals surface area contributed by atoms with Gasteiger partial charge in [0.2, 0.25) is 5.75 Å². The van der Waals surface area contributed by atoms with Gasteiger partial charge in [-0.25, -0.2) is 0 Å². The number of nitrogens with zero attached hydrogens (tertiary/aromatic N) is 4. The van der Waals surface area contributed by atoms with Crippen LogP contribution in [0.25, 0.3) is 5.65 Å². The van der Waals surface area contributed by atoms with Crippen molar-refractivity contribution in [2.24, 2.45) is 0 Å². The lowest BCUT2D eigenvalue weighted by atomic mass is 10.3. The molecule has 0 aliphatic heterocycles. The smallest absolute Gasteiger partial charge is 0.327 e. The van der Waals surface area contributed by atoms with E-state index in [1.54, 1.807) is 11.3 Å². The van der Waals surface area contributed by atoms with E-state index >= 15 is 0 Å². The zero-order valence-corrected chi connectivity index (χ0v) is 8.17. The number of hydrogen-bond acceptors (Lipinski definition) is 5. The van der Waals surface area contributed by atoms with Crippen molar-refractivity contribution in [1.29, 1.82) is 0 Å². The second-order valence-corrected chi connectivity index (χ2v) is 2.96. The van der Waals surface area contributed by atoms with Crippen LogP contribution >= 0.6 is 0 Å². The van der Waals surface area contributed by atoms with Crippen LogP contribution in [0.5, 0.6) is 5.75 Å². The van der Waals surface area contributed by atoms with Crippen LogP contribution in [0.4, 0.5) is 5.69 Å². The lowest BCUT2D eigenvalue weighted by Gasteiger charge is -2.01. The van der Waals surface area contributed by atoms with E-state index in [-0.39, 0.29) is 11.4 Å². The van der Waals surface area contributed by atoms with Crippen LogP contribution in [-0.4, -0.2) is 26.6 Å². The minimum atomic E-state index is -0.502. The highest BCUT2D eigenvalue weighted by atomic mass is 16.6. The first-order valence-corrected chi connectivity index (χ1v) is 4.17. The number of nitro groups is 1. The molecule has 0 bridgehead atoms. The van der Waals surface area contributed by atoms with Gasteiger partial charge >= 0.3 is 5.69 Å². The van der Waals surface area contributed by atoms with Crippen molar-refractivity contribution in [3.8, 4) is 5.75 Å². The average Bonchev–Trinajstić information content (AvgIpc) is 2.58. The molecule has 0 spiro atoms. The lowest BCUT2D eigenvalue weighted by Crippen LogP contribution is -1.97. The number of hydrogen-bond donors (Lipinski definition) is 0. The van der Waals surface area contributed by atoms with Crippen LogP contribution in [0.1, 0.15) is 5.82 Å². The molecule has 7 heteroatoms. The molecule has 0 unspecified atom stereocenters. The highest BCUT2D eigenvalue weighted by molar-refractivity contribution is 5.54. The van der Waals surface area contributed by atoms with Crippen LogP contribution in [0.2, 0.25) is 0 Å². The third-order valence-electron chi connectivity index (χ3n) is 2.07. The second kappa shape index (κ2) is 3.19. The van der Waals surface area contributed by atoms with Gasteiger partial charge < -0.3 is 4.74 Å². The van der Waals surface area contributed by atoms with Crippen molar-refractivity contribution in [2.45, 2.75) is 6.92 Å². The molecule has 78 valence electrons. The molecule has 2 heterocycles. The predicted octanol–water partition coefficient (Wildman–Crippen LogP) is 0.955. The minimum absolute atomic E-state index is 0.104. The second-order valence-electron chi connectivity index (χ2n) is 2.96. The lowest BCUT2D eigenvalue weighted by molar-refractivity contribution is -0.386. The Morgan fingerprint density at radius 2 is 2.27 bits per heavy atom. The number of aryl methyl sites for hydroxylation is 1. The molecule has 2 aromatic rings. The van der Waals surface area contributed by atoms with Gasteiger partial charge in [0.1, 0.15) is 5.82 Å². The molecule has 7 nitrogen and oxygen atoms in total. The number of aromatic nitrogens is 3. The van der Waals surface area contributed by atoms with Crippen LogP contribution in [-0.2, 0) is 0 Å². The maximum Gasteiger partial charge on any atom is 0.327 e. The topological polar surface area (TPSA) is 82.6 Å². The van der Waals surface area contributed by atoms with E-state index in [0.29, 0.717) is 11.5 Å². The highest BCUT2D eigenvalue weighted by Crippen LogP contribution is 2.27. The van der Waals surface area contributed by atoms with Gasteiger partial charge in [0.15, 0.2) is 5.65 Å². The standard InChI is InChI=1S/C8H8N4O3/c1-5-9-10-8-3-7(15-2)6(12(13)14)4-11(5)8/h3-4H,1-2H3. The van der Waals surface area contributed by atoms with Crippen LogP contribution in [0.15, 0.2) is 12.3 Å². The SMILES string of the molecule is COc1cc2nnc(C)n2cc1[N+](=O)[O-]. The minimum Gasteiger partial charge on any atom is -0.490 e. The average molecular weight is 208 g/mol. The molecule has 0 aromatic carbocycles. The molecular weight excluding hydrogens is 200 g/mol. The number of fused-ring (bicyclic) bond motifs is 1. The van der Waals surface area contributed by atoms with E-state index < -0.39 is 4.92 Å². The van der Waals surface area contributed by atoms with Crippen molar-refractivity contribution in [3.05, 3.63) is 28.2 Å². The molecule has 15 heavy (non-hydrogen) atoms. The highest BCUT2D eigenvalue weighted by Gasteiger charge is 2.17. The monoisotopic (exact) mass is 208 g/mol. The third kappa shape index (κ3) is 1.37. The van der Waals surface area contributed by atoms with Gasteiger partial charge in [-0.15, -0.1) is 10.2 Å². The summed E-state index contributed by atoms with van der Waals surface area (Å²) in [5, 5.41) is 18.4. The maximum absolute atomic E-state index is 10.7. The van der Waals surface area contributed by atoms with Crippen molar-refractivity contribution in [2.75, 3.05) is 7.11 Å². The Bertz CT molecular complexity index is 534.